The van der Waals surface area contributed by atoms with Crippen molar-refractivity contribution in [3.63, 3.8) is 0 Å². The molecule has 0 saturated carbocycles. The normalized spacial score (nSPS) is 12.3. The van der Waals surface area contributed by atoms with Crippen molar-refractivity contribution in [2.24, 2.45) is 0 Å². The van der Waals surface area contributed by atoms with Crippen LogP contribution in [0.15, 0.2) is 0 Å². The zero-order valence-electron chi connectivity index (χ0n) is 14.4. The van der Waals surface area contributed by atoms with Gasteiger partial charge in [-0.15, -0.1) is 0 Å². The van der Waals surface area contributed by atoms with Gasteiger partial charge in [0.2, 0.25) is 0 Å². The summed E-state index contributed by atoms with van der Waals surface area (Å²) in [5, 5.41) is 8.64. The van der Waals surface area contributed by atoms with E-state index in [2.05, 4.69) is 11.7 Å². The molecular formula is C18H40O3. The van der Waals surface area contributed by atoms with Crippen molar-refractivity contribution < 1.29 is 15.3 Å². The van der Waals surface area contributed by atoms with Gasteiger partial charge in [0.1, 0.15) is 0 Å². The van der Waals surface area contributed by atoms with Gasteiger partial charge >= 0.3 is 0 Å². The van der Waals surface area contributed by atoms with Crippen molar-refractivity contribution in [2.75, 3.05) is 19.8 Å². The predicted octanol–water partition coefficient (Wildman–Crippen LogP) is 4.65. The number of aliphatic hydroxyl groups is 1. The molecule has 0 amide bonds. The number of unbranched alkanes of at least 4 members (excludes halogenated alkanes) is 13. The van der Waals surface area contributed by atoms with Gasteiger partial charge in [-0.25, -0.2) is 0 Å². The summed E-state index contributed by atoms with van der Waals surface area (Å²) >= 11 is 0. The molecule has 0 aromatic rings. The number of hydrogen-bond acceptors (Lipinski definition) is 2. The van der Waals surface area contributed by atoms with Crippen LogP contribution in [-0.2, 0) is 4.74 Å². The first-order valence-electron chi connectivity index (χ1n) is 9.10. The Hall–Kier alpha value is -0.120. The van der Waals surface area contributed by atoms with E-state index in [0.717, 1.165) is 19.6 Å². The molecule has 1 saturated heterocycles. The number of hydrogen-bond donors (Lipinski definition) is 1. The van der Waals surface area contributed by atoms with Gasteiger partial charge in [-0.2, -0.15) is 0 Å². The summed E-state index contributed by atoms with van der Waals surface area (Å²) in [5.74, 6) is 0. The Kier molecular flexibility index (Phi) is 24.4. The molecule has 0 aliphatic carbocycles. The molecule has 0 aromatic carbocycles. The molecule has 0 atom stereocenters. The SMILES string of the molecule is C1CO1.CCCCCCCCCCCCCCCCO.O. The van der Waals surface area contributed by atoms with Crippen LogP contribution in [0.3, 0.4) is 0 Å². The van der Waals surface area contributed by atoms with E-state index in [1.165, 1.54) is 83.5 Å². The third kappa shape index (κ3) is 28.7. The Morgan fingerprint density at radius 3 is 1.14 bits per heavy atom. The van der Waals surface area contributed by atoms with E-state index in [1.807, 2.05) is 0 Å². The zero-order chi connectivity index (χ0) is 14.7. The smallest absolute Gasteiger partial charge is 0.0701 e. The first-order valence-corrected chi connectivity index (χ1v) is 9.10. The molecule has 3 N–H and O–H groups in total. The van der Waals surface area contributed by atoms with Gasteiger partial charge in [-0.05, 0) is 6.42 Å². The minimum Gasteiger partial charge on any atom is -0.412 e. The lowest BCUT2D eigenvalue weighted by molar-refractivity contribution is 0.282. The van der Waals surface area contributed by atoms with E-state index < -0.39 is 0 Å². The second-order valence-corrected chi connectivity index (χ2v) is 5.93. The summed E-state index contributed by atoms with van der Waals surface area (Å²) in [4.78, 5) is 0. The lowest BCUT2D eigenvalue weighted by Gasteiger charge is -2.02. The molecule has 0 unspecified atom stereocenters. The van der Waals surface area contributed by atoms with Gasteiger partial charge in [-0.1, -0.05) is 90.4 Å². The molecule has 21 heavy (non-hydrogen) atoms. The molecule has 1 aliphatic rings. The van der Waals surface area contributed by atoms with Crippen LogP contribution in [0.1, 0.15) is 96.8 Å². The molecule has 0 spiro atoms. The van der Waals surface area contributed by atoms with E-state index in [4.69, 9.17) is 5.11 Å². The maximum atomic E-state index is 8.64. The number of ether oxygens (including phenoxy) is 1. The van der Waals surface area contributed by atoms with Gasteiger partial charge in [0.05, 0.1) is 13.2 Å². The van der Waals surface area contributed by atoms with Gasteiger partial charge in [0.25, 0.3) is 0 Å². The minimum absolute atomic E-state index is 0. The van der Waals surface area contributed by atoms with E-state index in [1.54, 1.807) is 0 Å². The average Bonchev–Trinajstić information content (AvgIpc) is 3.32. The van der Waals surface area contributed by atoms with E-state index >= 15 is 0 Å². The fourth-order valence-corrected chi connectivity index (χ4v) is 2.31. The van der Waals surface area contributed by atoms with Crippen molar-refractivity contribution in [3.8, 4) is 0 Å². The fraction of sp³-hybridized carbons (Fsp3) is 1.00. The third-order valence-corrected chi connectivity index (χ3v) is 3.72. The Bertz CT molecular complexity index is 144. The van der Waals surface area contributed by atoms with Crippen LogP contribution in [-0.4, -0.2) is 30.4 Å². The topological polar surface area (TPSA) is 64.3 Å². The summed E-state index contributed by atoms with van der Waals surface area (Å²) < 4.78 is 4.50. The first-order chi connectivity index (χ1) is 9.91. The van der Waals surface area contributed by atoms with Gasteiger partial charge < -0.3 is 15.3 Å². The molecule has 3 nitrogen and oxygen atoms in total. The number of epoxide rings is 1. The van der Waals surface area contributed by atoms with Crippen LogP contribution in [0, 0.1) is 0 Å². The summed E-state index contributed by atoms with van der Waals surface area (Å²) in [7, 11) is 0. The second-order valence-electron chi connectivity index (χ2n) is 5.93. The van der Waals surface area contributed by atoms with Crippen LogP contribution in [0.5, 0.6) is 0 Å². The predicted molar refractivity (Wildman–Crippen MR) is 91.8 cm³/mol. The fourth-order valence-electron chi connectivity index (χ4n) is 2.31. The Morgan fingerprint density at radius 1 is 0.619 bits per heavy atom. The van der Waals surface area contributed by atoms with Crippen LogP contribution in [0.25, 0.3) is 0 Å². The van der Waals surface area contributed by atoms with Crippen molar-refractivity contribution >= 4 is 0 Å². The molecule has 1 aliphatic heterocycles. The highest BCUT2D eigenvalue weighted by Crippen LogP contribution is 2.12. The van der Waals surface area contributed by atoms with E-state index in [9.17, 15) is 0 Å². The summed E-state index contributed by atoms with van der Waals surface area (Å²) in [6, 6.07) is 0. The standard InChI is InChI=1S/C16H34O.C2H4O.H2O/c1-2-3-4-5-6-7-8-9-10-11-12-13-14-15-16-17;1-2-3-1;/h17H,2-16H2,1H3;1-2H2;1H2. The summed E-state index contributed by atoms with van der Waals surface area (Å²) in [6.07, 6.45) is 19.2. The van der Waals surface area contributed by atoms with Gasteiger partial charge in [-0.3, -0.25) is 0 Å². The highest BCUT2D eigenvalue weighted by molar-refractivity contribution is 4.48. The van der Waals surface area contributed by atoms with E-state index in [0.29, 0.717) is 6.61 Å². The van der Waals surface area contributed by atoms with Crippen LogP contribution >= 0.6 is 0 Å². The highest BCUT2D eigenvalue weighted by Gasteiger charge is 1.94. The zero-order valence-corrected chi connectivity index (χ0v) is 14.4. The summed E-state index contributed by atoms with van der Waals surface area (Å²) in [6.45, 7) is 4.65. The molecule has 0 bridgehead atoms. The van der Waals surface area contributed by atoms with Crippen molar-refractivity contribution in [1.29, 1.82) is 0 Å². The lowest BCUT2D eigenvalue weighted by Crippen LogP contribution is -1.84. The Balaban J connectivity index is 0. The summed E-state index contributed by atoms with van der Waals surface area (Å²) in [5.41, 5.74) is 0. The molecule has 1 heterocycles. The molecule has 130 valence electrons. The number of rotatable bonds is 14. The maximum absolute atomic E-state index is 8.64. The maximum Gasteiger partial charge on any atom is 0.0701 e. The monoisotopic (exact) mass is 304 g/mol. The largest absolute Gasteiger partial charge is 0.412 e. The van der Waals surface area contributed by atoms with Crippen LogP contribution in [0.2, 0.25) is 0 Å². The third-order valence-electron chi connectivity index (χ3n) is 3.72. The minimum atomic E-state index is 0. The van der Waals surface area contributed by atoms with Crippen LogP contribution < -0.4 is 0 Å². The Labute approximate surface area is 132 Å². The number of aliphatic hydroxyl groups excluding tert-OH is 1. The average molecular weight is 305 g/mol. The lowest BCUT2D eigenvalue weighted by atomic mass is 10.0. The van der Waals surface area contributed by atoms with Gasteiger partial charge in [0.15, 0.2) is 0 Å². The van der Waals surface area contributed by atoms with Crippen LogP contribution in [0.4, 0.5) is 0 Å². The molecule has 1 fully saturated rings. The quantitative estimate of drug-likeness (QED) is 0.375. The van der Waals surface area contributed by atoms with Gasteiger partial charge in [0, 0.05) is 6.61 Å². The van der Waals surface area contributed by atoms with Crippen molar-refractivity contribution in [2.45, 2.75) is 96.8 Å². The molecular weight excluding hydrogens is 264 g/mol. The molecule has 0 aromatic heterocycles. The molecule has 1 rings (SSSR count). The second kappa shape index (κ2) is 22.2. The highest BCUT2D eigenvalue weighted by atomic mass is 16.6. The first kappa shape index (κ1) is 23.2. The Morgan fingerprint density at radius 2 is 0.905 bits per heavy atom. The van der Waals surface area contributed by atoms with Crippen molar-refractivity contribution in [1.82, 2.24) is 0 Å². The molecule has 3 heteroatoms. The van der Waals surface area contributed by atoms with E-state index in [-0.39, 0.29) is 5.48 Å². The van der Waals surface area contributed by atoms with Crippen molar-refractivity contribution in [3.05, 3.63) is 0 Å². The molecule has 0 radical (unpaired) electrons.